The summed E-state index contributed by atoms with van der Waals surface area (Å²) in [5.74, 6) is 1.42. The molecule has 0 saturated heterocycles. The maximum atomic E-state index is 13.5. The minimum absolute atomic E-state index is 0.0604. The Labute approximate surface area is 153 Å². The van der Waals surface area contributed by atoms with E-state index in [1.54, 1.807) is 18.2 Å². The Morgan fingerprint density at radius 2 is 1.69 bits per heavy atom. The second-order valence-corrected chi connectivity index (χ2v) is 8.62. The molecule has 140 valence electrons. The van der Waals surface area contributed by atoms with Gasteiger partial charge in [-0.05, 0) is 67.8 Å². The van der Waals surface area contributed by atoms with E-state index in [9.17, 15) is 14.0 Å². The van der Waals surface area contributed by atoms with Crippen molar-refractivity contribution in [2.75, 3.05) is 6.54 Å². The fourth-order valence-electron chi connectivity index (χ4n) is 5.91. The van der Waals surface area contributed by atoms with E-state index in [0.29, 0.717) is 12.0 Å². The third kappa shape index (κ3) is 3.76. The van der Waals surface area contributed by atoms with Crippen LogP contribution in [0.15, 0.2) is 24.3 Å². The van der Waals surface area contributed by atoms with Gasteiger partial charge in [0, 0.05) is 12.0 Å². The number of amides is 1. The van der Waals surface area contributed by atoms with Gasteiger partial charge in [-0.1, -0.05) is 18.2 Å². The molecule has 0 spiro atoms. The van der Waals surface area contributed by atoms with Crippen LogP contribution in [0.3, 0.4) is 0 Å². The number of halogens is 1. The zero-order valence-corrected chi connectivity index (χ0v) is 15.0. The summed E-state index contributed by atoms with van der Waals surface area (Å²) in [6.07, 6.45) is 8.09. The van der Waals surface area contributed by atoms with Crippen molar-refractivity contribution < 1.29 is 18.7 Å². The largest absolute Gasteiger partial charge is 0.459 e. The molecule has 5 rings (SSSR count). The predicted molar refractivity (Wildman–Crippen MR) is 94.4 cm³/mol. The highest BCUT2D eigenvalue weighted by Crippen LogP contribution is 2.61. The first kappa shape index (κ1) is 17.5. The molecule has 1 aromatic rings. The van der Waals surface area contributed by atoms with Gasteiger partial charge in [-0.25, -0.2) is 4.39 Å². The molecule has 4 bridgehead atoms. The Morgan fingerprint density at radius 1 is 1.08 bits per heavy atom. The van der Waals surface area contributed by atoms with Crippen molar-refractivity contribution in [1.82, 2.24) is 5.32 Å². The molecule has 4 fully saturated rings. The normalized spacial score (nSPS) is 31.7. The number of benzene rings is 1. The number of rotatable bonds is 6. The SMILES string of the molecule is O=C(CC12CC3CC(CC(C3)C1)C2)NCC(=O)OCc1ccccc1F. The highest BCUT2D eigenvalue weighted by molar-refractivity contribution is 5.82. The Morgan fingerprint density at radius 3 is 2.31 bits per heavy atom. The summed E-state index contributed by atoms with van der Waals surface area (Å²) in [6, 6.07) is 6.19. The Kier molecular flexibility index (Phi) is 4.72. The topological polar surface area (TPSA) is 55.4 Å². The van der Waals surface area contributed by atoms with Crippen LogP contribution in [0.25, 0.3) is 0 Å². The van der Waals surface area contributed by atoms with Crippen molar-refractivity contribution in [3.05, 3.63) is 35.6 Å². The zero-order chi connectivity index (χ0) is 18.1. The lowest BCUT2D eigenvalue weighted by atomic mass is 9.49. The van der Waals surface area contributed by atoms with Gasteiger partial charge in [-0.15, -0.1) is 0 Å². The summed E-state index contributed by atoms with van der Waals surface area (Å²) in [7, 11) is 0. The van der Waals surface area contributed by atoms with Crippen molar-refractivity contribution in [2.45, 2.75) is 51.6 Å². The first-order valence-corrected chi connectivity index (χ1v) is 9.67. The third-order valence-corrected chi connectivity index (χ3v) is 6.48. The second-order valence-electron chi connectivity index (χ2n) is 8.62. The van der Waals surface area contributed by atoms with Crippen molar-refractivity contribution in [3.63, 3.8) is 0 Å². The van der Waals surface area contributed by atoms with Crippen molar-refractivity contribution in [2.24, 2.45) is 23.2 Å². The molecule has 0 aliphatic heterocycles. The number of esters is 1. The molecule has 1 N–H and O–H groups in total. The van der Waals surface area contributed by atoms with E-state index in [-0.39, 0.29) is 24.5 Å². The number of carbonyl (C=O) groups excluding carboxylic acids is 2. The van der Waals surface area contributed by atoms with Crippen LogP contribution in [-0.2, 0) is 20.9 Å². The van der Waals surface area contributed by atoms with Gasteiger partial charge in [0.2, 0.25) is 5.91 Å². The van der Waals surface area contributed by atoms with Gasteiger partial charge < -0.3 is 10.1 Å². The molecule has 4 aliphatic carbocycles. The first-order chi connectivity index (χ1) is 12.5. The molecule has 1 amide bonds. The number of carbonyl (C=O) groups is 2. The molecular weight excluding hydrogens is 333 g/mol. The monoisotopic (exact) mass is 359 g/mol. The number of nitrogens with one attached hydrogen (secondary N) is 1. The van der Waals surface area contributed by atoms with Crippen molar-refractivity contribution >= 4 is 11.9 Å². The second kappa shape index (κ2) is 7.01. The minimum Gasteiger partial charge on any atom is -0.459 e. The Hall–Kier alpha value is -1.91. The van der Waals surface area contributed by atoms with Crippen LogP contribution < -0.4 is 5.32 Å². The molecule has 0 radical (unpaired) electrons. The highest BCUT2D eigenvalue weighted by atomic mass is 19.1. The molecule has 0 unspecified atom stereocenters. The average molecular weight is 359 g/mol. The van der Waals surface area contributed by atoms with E-state index < -0.39 is 11.8 Å². The van der Waals surface area contributed by atoms with Crippen LogP contribution in [0, 0.1) is 29.0 Å². The molecule has 1 aromatic carbocycles. The lowest BCUT2D eigenvalue weighted by Gasteiger charge is -2.56. The maximum absolute atomic E-state index is 13.5. The number of hydrogen-bond donors (Lipinski definition) is 1. The fraction of sp³-hybridized carbons (Fsp3) is 0.619. The zero-order valence-electron chi connectivity index (χ0n) is 15.0. The molecule has 4 saturated carbocycles. The average Bonchev–Trinajstić information content (AvgIpc) is 2.57. The van der Waals surface area contributed by atoms with Gasteiger partial charge in [-0.3, -0.25) is 9.59 Å². The maximum Gasteiger partial charge on any atom is 0.325 e. The fourth-order valence-corrected chi connectivity index (χ4v) is 5.91. The number of ether oxygens (including phenoxy) is 1. The first-order valence-electron chi connectivity index (χ1n) is 9.67. The van der Waals surface area contributed by atoms with Gasteiger partial charge in [0.25, 0.3) is 0 Å². The van der Waals surface area contributed by atoms with Crippen molar-refractivity contribution in [1.29, 1.82) is 0 Å². The van der Waals surface area contributed by atoms with Crippen LogP contribution in [0.5, 0.6) is 0 Å². The van der Waals surface area contributed by atoms with E-state index in [2.05, 4.69) is 5.32 Å². The van der Waals surface area contributed by atoms with E-state index in [1.165, 1.54) is 44.6 Å². The van der Waals surface area contributed by atoms with Crippen LogP contribution in [0.1, 0.15) is 50.5 Å². The summed E-state index contributed by atoms with van der Waals surface area (Å²) < 4.78 is 18.6. The van der Waals surface area contributed by atoms with E-state index in [4.69, 9.17) is 4.74 Å². The molecule has 26 heavy (non-hydrogen) atoms. The van der Waals surface area contributed by atoms with Crippen LogP contribution in [0.2, 0.25) is 0 Å². The standard InChI is InChI=1S/C21H26FNO3/c22-18-4-2-1-3-17(18)13-26-20(25)12-23-19(24)11-21-8-14-5-15(9-21)7-16(6-14)10-21/h1-4,14-16H,5-13H2,(H,23,24). The third-order valence-electron chi connectivity index (χ3n) is 6.48. The van der Waals surface area contributed by atoms with Gasteiger partial charge in [0.15, 0.2) is 0 Å². The van der Waals surface area contributed by atoms with Crippen LogP contribution >= 0.6 is 0 Å². The van der Waals surface area contributed by atoms with Crippen LogP contribution in [-0.4, -0.2) is 18.4 Å². The molecule has 5 heteroatoms. The van der Waals surface area contributed by atoms with Crippen molar-refractivity contribution in [3.8, 4) is 0 Å². The molecule has 4 nitrogen and oxygen atoms in total. The lowest BCUT2D eigenvalue weighted by molar-refractivity contribution is -0.146. The van der Waals surface area contributed by atoms with Gasteiger partial charge in [0.1, 0.15) is 19.0 Å². The molecular formula is C21H26FNO3. The van der Waals surface area contributed by atoms with E-state index in [0.717, 1.165) is 17.8 Å². The Bertz CT molecular complexity index is 667. The lowest BCUT2D eigenvalue weighted by Crippen LogP contribution is -2.48. The Balaban J connectivity index is 1.23. The van der Waals surface area contributed by atoms with Gasteiger partial charge in [0.05, 0.1) is 0 Å². The predicted octanol–water partition coefficient (Wildman–Crippen LogP) is 3.59. The van der Waals surface area contributed by atoms with E-state index >= 15 is 0 Å². The molecule has 4 aliphatic rings. The minimum atomic E-state index is -0.535. The summed E-state index contributed by atoms with van der Waals surface area (Å²) >= 11 is 0. The quantitative estimate of drug-likeness (QED) is 0.790. The van der Waals surface area contributed by atoms with E-state index in [1.807, 2.05) is 0 Å². The van der Waals surface area contributed by atoms with Crippen LogP contribution in [0.4, 0.5) is 4.39 Å². The number of hydrogen-bond acceptors (Lipinski definition) is 3. The summed E-state index contributed by atoms with van der Waals surface area (Å²) in [5, 5.41) is 2.70. The smallest absolute Gasteiger partial charge is 0.325 e. The summed E-state index contributed by atoms with van der Waals surface area (Å²) in [4.78, 5) is 24.2. The van der Waals surface area contributed by atoms with Gasteiger partial charge >= 0.3 is 5.97 Å². The highest BCUT2D eigenvalue weighted by Gasteiger charge is 2.51. The molecule has 0 heterocycles. The summed E-state index contributed by atoms with van der Waals surface area (Å²) in [5.41, 5.74) is 0.497. The summed E-state index contributed by atoms with van der Waals surface area (Å²) in [6.45, 7) is -0.268. The molecule has 0 atom stereocenters. The molecule has 0 aromatic heterocycles. The van der Waals surface area contributed by atoms with Gasteiger partial charge in [-0.2, -0.15) is 0 Å².